The number of carbonyl (C=O) groups is 1. The van der Waals surface area contributed by atoms with Crippen molar-refractivity contribution >= 4 is 21.8 Å². The van der Waals surface area contributed by atoms with E-state index in [1.54, 1.807) is 0 Å². The van der Waals surface area contributed by atoms with Gasteiger partial charge in [0.1, 0.15) is 0 Å². The second-order valence-electron chi connectivity index (χ2n) is 4.21. The largest absolute Gasteiger partial charge is 0.337 e. The van der Waals surface area contributed by atoms with Crippen molar-refractivity contribution in [3.63, 3.8) is 0 Å². The molecule has 0 bridgehead atoms. The van der Waals surface area contributed by atoms with Gasteiger partial charge in [-0.05, 0) is 31.0 Å². The Kier molecular flexibility index (Phi) is 3.30. The Morgan fingerprint density at radius 1 is 1.56 bits per heavy atom. The number of hydrogen-bond acceptors (Lipinski definition) is 2. The predicted molar refractivity (Wildman–Crippen MR) is 67.4 cm³/mol. The van der Waals surface area contributed by atoms with E-state index < -0.39 is 0 Å². The summed E-state index contributed by atoms with van der Waals surface area (Å²) in [6.45, 7) is 3.39. The van der Waals surface area contributed by atoms with Crippen molar-refractivity contribution in [3.05, 3.63) is 33.8 Å². The van der Waals surface area contributed by atoms with Gasteiger partial charge < -0.3 is 10.6 Å². The molecular formula is C12H15BrN2O. The van der Waals surface area contributed by atoms with Gasteiger partial charge in [0.25, 0.3) is 5.91 Å². The summed E-state index contributed by atoms with van der Waals surface area (Å²) in [4.78, 5) is 14.0. The third-order valence-corrected chi connectivity index (χ3v) is 3.87. The Morgan fingerprint density at radius 2 is 2.31 bits per heavy atom. The molecule has 0 radical (unpaired) electrons. The highest BCUT2D eigenvalue weighted by atomic mass is 79.9. The van der Waals surface area contributed by atoms with Crippen LogP contribution in [0.3, 0.4) is 0 Å². The zero-order valence-corrected chi connectivity index (χ0v) is 10.8. The molecule has 1 heterocycles. The lowest BCUT2D eigenvalue weighted by Gasteiger charge is -2.17. The monoisotopic (exact) mass is 282 g/mol. The summed E-state index contributed by atoms with van der Waals surface area (Å²) in [5.74, 6) is 0.0896. The van der Waals surface area contributed by atoms with Crippen LogP contribution in [0.25, 0.3) is 0 Å². The van der Waals surface area contributed by atoms with Gasteiger partial charge in [0.05, 0.1) is 0 Å². The minimum atomic E-state index is 0.0896. The van der Waals surface area contributed by atoms with Crippen LogP contribution in [0.4, 0.5) is 0 Å². The Bertz CT molecular complexity index is 419. The van der Waals surface area contributed by atoms with Gasteiger partial charge in [-0.3, -0.25) is 4.79 Å². The van der Waals surface area contributed by atoms with Crippen LogP contribution < -0.4 is 5.73 Å². The summed E-state index contributed by atoms with van der Waals surface area (Å²) in [7, 11) is 0. The zero-order chi connectivity index (χ0) is 11.7. The molecule has 0 aliphatic carbocycles. The van der Waals surface area contributed by atoms with Crippen molar-refractivity contribution in [1.82, 2.24) is 4.90 Å². The molecule has 0 spiro atoms. The molecule has 1 aromatic carbocycles. The van der Waals surface area contributed by atoms with Gasteiger partial charge in [-0.15, -0.1) is 0 Å². The highest BCUT2D eigenvalue weighted by Gasteiger charge is 2.25. The van der Waals surface area contributed by atoms with Gasteiger partial charge >= 0.3 is 0 Å². The standard InChI is InChI=1S/C12H15BrN2O/c1-8-10(3-2-4-11(8)13)12(16)15-6-5-9(14)7-15/h2-4,9H,5-7,14H2,1H3/t9-/m1/s1. The Labute approximate surface area is 104 Å². The number of nitrogens with two attached hydrogens (primary N) is 1. The van der Waals surface area contributed by atoms with E-state index in [1.807, 2.05) is 30.0 Å². The molecular weight excluding hydrogens is 268 g/mol. The maximum absolute atomic E-state index is 12.2. The van der Waals surface area contributed by atoms with Crippen molar-refractivity contribution in [3.8, 4) is 0 Å². The molecule has 2 N–H and O–H groups in total. The first-order valence-electron chi connectivity index (χ1n) is 5.39. The molecule has 0 unspecified atom stereocenters. The van der Waals surface area contributed by atoms with E-state index in [9.17, 15) is 4.79 Å². The second-order valence-corrected chi connectivity index (χ2v) is 5.07. The molecule has 3 nitrogen and oxygen atoms in total. The Balaban J connectivity index is 2.24. The molecule has 1 aromatic rings. The van der Waals surface area contributed by atoms with E-state index in [2.05, 4.69) is 15.9 Å². The van der Waals surface area contributed by atoms with E-state index in [0.29, 0.717) is 6.54 Å². The predicted octanol–water partition coefficient (Wildman–Crippen LogP) is 1.93. The van der Waals surface area contributed by atoms with Crippen LogP contribution >= 0.6 is 15.9 Å². The molecule has 1 aliphatic heterocycles. The molecule has 86 valence electrons. The Morgan fingerprint density at radius 3 is 2.94 bits per heavy atom. The van der Waals surface area contributed by atoms with Gasteiger partial charge in [-0.25, -0.2) is 0 Å². The van der Waals surface area contributed by atoms with Gasteiger partial charge in [-0.2, -0.15) is 0 Å². The Hall–Kier alpha value is -0.870. The summed E-state index contributed by atoms with van der Waals surface area (Å²) >= 11 is 3.44. The molecule has 1 amide bonds. The van der Waals surface area contributed by atoms with E-state index >= 15 is 0 Å². The smallest absolute Gasteiger partial charge is 0.254 e. The quantitative estimate of drug-likeness (QED) is 0.856. The van der Waals surface area contributed by atoms with Crippen LogP contribution in [0.1, 0.15) is 22.3 Å². The fourth-order valence-corrected chi connectivity index (χ4v) is 2.35. The number of halogens is 1. The highest BCUT2D eigenvalue weighted by Crippen LogP contribution is 2.22. The van der Waals surface area contributed by atoms with Crippen LogP contribution in [0, 0.1) is 6.92 Å². The molecule has 4 heteroatoms. The number of benzene rings is 1. The van der Waals surface area contributed by atoms with E-state index in [0.717, 1.165) is 28.6 Å². The molecule has 0 saturated carbocycles. The molecule has 1 aliphatic rings. The molecule has 1 atom stereocenters. The maximum atomic E-state index is 12.2. The van der Waals surface area contributed by atoms with Crippen LogP contribution in [0.15, 0.2) is 22.7 Å². The van der Waals surface area contributed by atoms with E-state index in [4.69, 9.17) is 5.73 Å². The highest BCUT2D eigenvalue weighted by molar-refractivity contribution is 9.10. The van der Waals surface area contributed by atoms with Crippen molar-refractivity contribution in [1.29, 1.82) is 0 Å². The average molecular weight is 283 g/mol. The van der Waals surface area contributed by atoms with E-state index in [1.165, 1.54) is 0 Å². The van der Waals surface area contributed by atoms with Crippen molar-refractivity contribution in [2.45, 2.75) is 19.4 Å². The lowest BCUT2D eigenvalue weighted by molar-refractivity contribution is 0.0790. The molecule has 1 saturated heterocycles. The number of hydrogen-bond donors (Lipinski definition) is 1. The minimum absolute atomic E-state index is 0.0896. The van der Waals surface area contributed by atoms with Crippen molar-refractivity contribution < 1.29 is 4.79 Å². The molecule has 0 aromatic heterocycles. The summed E-state index contributed by atoms with van der Waals surface area (Å²) in [5.41, 5.74) is 7.57. The normalized spacial score (nSPS) is 20.2. The van der Waals surface area contributed by atoms with Crippen LogP contribution in [0.5, 0.6) is 0 Å². The van der Waals surface area contributed by atoms with Gasteiger partial charge in [0.15, 0.2) is 0 Å². The second kappa shape index (κ2) is 4.55. The SMILES string of the molecule is Cc1c(Br)cccc1C(=O)N1CC[C@@H](N)C1. The van der Waals surface area contributed by atoms with Crippen molar-refractivity contribution in [2.75, 3.05) is 13.1 Å². The molecule has 1 fully saturated rings. The first-order valence-corrected chi connectivity index (χ1v) is 6.19. The maximum Gasteiger partial charge on any atom is 0.254 e. The fraction of sp³-hybridized carbons (Fsp3) is 0.417. The van der Waals surface area contributed by atoms with Crippen LogP contribution in [-0.2, 0) is 0 Å². The lowest BCUT2D eigenvalue weighted by atomic mass is 10.1. The average Bonchev–Trinajstić information content (AvgIpc) is 2.68. The first-order chi connectivity index (χ1) is 7.59. The number of carbonyl (C=O) groups excluding carboxylic acids is 1. The fourth-order valence-electron chi connectivity index (χ4n) is 1.98. The van der Waals surface area contributed by atoms with Crippen molar-refractivity contribution in [2.24, 2.45) is 5.73 Å². The van der Waals surface area contributed by atoms with Crippen LogP contribution in [0.2, 0.25) is 0 Å². The number of likely N-dealkylation sites (tertiary alicyclic amines) is 1. The van der Waals surface area contributed by atoms with Gasteiger partial charge in [-0.1, -0.05) is 22.0 Å². The van der Waals surface area contributed by atoms with Gasteiger partial charge in [0, 0.05) is 29.2 Å². The number of nitrogens with zero attached hydrogens (tertiary/aromatic N) is 1. The first kappa shape index (κ1) is 11.6. The van der Waals surface area contributed by atoms with E-state index in [-0.39, 0.29) is 11.9 Å². The number of amides is 1. The summed E-state index contributed by atoms with van der Waals surface area (Å²) in [6, 6.07) is 5.84. The summed E-state index contributed by atoms with van der Waals surface area (Å²) in [6.07, 6.45) is 0.902. The zero-order valence-electron chi connectivity index (χ0n) is 9.24. The topological polar surface area (TPSA) is 46.3 Å². The third kappa shape index (κ3) is 2.13. The van der Waals surface area contributed by atoms with Gasteiger partial charge in [0.2, 0.25) is 0 Å². The third-order valence-electron chi connectivity index (χ3n) is 3.01. The molecule has 16 heavy (non-hydrogen) atoms. The summed E-state index contributed by atoms with van der Waals surface area (Å²) < 4.78 is 0.974. The lowest BCUT2D eigenvalue weighted by Crippen LogP contribution is -2.32. The van der Waals surface area contributed by atoms with Crippen LogP contribution in [-0.4, -0.2) is 29.9 Å². The number of rotatable bonds is 1. The molecule has 2 rings (SSSR count). The summed E-state index contributed by atoms with van der Waals surface area (Å²) in [5, 5.41) is 0. The minimum Gasteiger partial charge on any atom is -0.337 e.